The Hall–Kier alpha value is -2.95. The number of nitrogens with zero attached hydrogens (tertiary/aromatic N) is 4. The van der Waals surface area contributed by atoms with Crippen LogP contribution in [0.5, 0.6) is 0 Å². The van der Waals surface area contributed by atoms with Crippen LogP contribution in [0.3, 0.4) is 0 Å². The number of anilines is 1. The van der Waals surface area contributed by atoms with Crippen molar-refractivity contribution < 1.29 is 18.0 Å². The van der Waals surface area contributed by atoms with Crippen LogP contribution < -0.4 is 4.90 Å². The predicted molar refractivity (Wildman–Crippen MR) is 75.4 cm³/mol. The molecule has 0 saturated carbocycles. The van der Waals surface area contributed by atoms with E-state index in [1.165, 1.54) is 30.7 Å². The Morgan fingerprint density at radius 2 is 2.09 bits per heavy atom. The molecule has 118 valence electrons. The van der Waals surface area contributed by atoms with E-state index in [0.29, 0.717) is 0 Å². The zero-order chi connectivity index (χ0) is 16.9. The van der Waals surface area contributed by atoms with Gasteiger partial charge in [0, 0.05) is 24.6 Å². The first kappa shape index (κ1) is 16.4. The van der Waals surface area contributed by atoms with Crippen molar-refractivity contribution in [2.75, 3.05) is 11.4 Å². The Kier molecular flexibility index (Phi) is 4.91. The second-order valence-electron chi connectivity index (χ2n) is 4.50. The lowest BCUT2D eigenvalue weighted by molar-refractivity contribution is -0.137. The number of carbonyl (C=O) groups excluding carboxylic acids is 1. The molecule has 1 amide bonds. The topological polar surface area (TPSA) is 69.9 Å². The number of rotatable bonds is 4. The number of hydrogen-bond acceptors (Lipinski definition) is 4. The van der Waals surface area contributed by atoms with Gasteiger partial charge >= 0.3 is 6.18 Å². The first-order chi connectivity index (χ1) is 10.9. The monoisotopic (exact) mass is 320 g/mol. The number of halogens is 3. The van der Waals surface area contributed by atoms with Gasteiger partial charge in [-0.2, -0.15) is 18.4 Å². The first-order valence-corrected chi connectivity index (χ1v) is 6.55. The van der Waals surface area contributed by atoms with Gasteiger partial charge in [-0.05, 0) is 18.2 Å². The fraction of sp³-hybridized carbons (Fsp3) is 0.200. The third kappa shape index (κ3) is 4.03. The Bertz CT molecular complexity index is 725. The van der Waals surface area contributed by atoms with Gasteiger partial charge in [-0.3, -0.25) is 9.78 Å². The molecule has 1 heterocycles. The molecule has 0 unspecified atom stereocenters. The molecular weight excluding hydrogens is 309 g/mol. The highest BCUT2D eigenvalue weighted by Crippen LogP contribution is 2.32. The van der Waals surface area contributed by atoms with Crippen molar-refractivity contribution in [1.82, 2.24) is 9.97 Å². The summed E-state index contributed by atoms with van der Waals surface area (Å²) in [5, 5.41) is 8.70. The van der Waals surface area contributed by atoms with Gasteiger partial charge in [-0.25, -0.2) is 4.98 Å². The van der Waals surface area contributed by atoms with Gasteiger partial charge in [0.05, 0.1) is 24.3 Å². The highest BCUT2D eigenvalue weighted by molar-refractivity contribution is 6.04. The van der Waals surface area contributed by atoms with E-state index >= 15 is 0 Å². The van der Waals surface area contributed by atoms with Crippen molar-refractivity contribution in [3.63, 3.8) is 0 Å². The molecule has 0 fully saturated rings. The molecule has 0 spiro atoms. The van der Waals surface area contributed by atoms with Gasteiger partial charge in [0.1, 0.15) is 5.69 Å². The minimum atomic E-state index is -4.52. The lowest BCUT2D eigenvalue weighted by Crippen LogP contribution is -2.32. The summed E-state index contributed by atoms with van der Waals surface area (Å²) in [6.45, 7) is -0.0484. The Balaban J connectivity index is 2.40. The van der Waals surface area contributed by atoms with Crippen molar-refractivity contribution in [3.8, 4) is 6.07 Å². The van der Waals surface area contributed by atoms with Gasteiger partial charge in [0.2, 0.25) is 0 Å². The molecule has 1 aromatic carbocycles. The van der Waals surface area contributed by atoms with Crippen molar-refractivity contribution in [1.29, 1.82) is 5.26 Å². The molecule has 8 heteroatoms. The van der Waals surface area contributed by atoms with Gasteiger partial charge in [0.25, 0.3) is 5.91 Å². The summed E-state index contributed by atoms with van der Waals surface area (Å²) < 4.78 is 38.5. The van der Waals surface area contributed by atoms with Crippen LogP contribution in [0, 0.1) is 11.3 Å². The van der Waals surface area contributed by atoms with E-state index in [1.807, 2.05) is 6.07 Å². The van der Waals surface area contributed by atoms with E-state index in [9.17, 15) is 18.0 Å². The zero-order valence-corrected chi connectivity index (χ0v) is 11.8. The Morgan fingerprint density at radius 3 is 2.70 bits per heavy atom. The van der Waals surface area contributed by atoms with E-state index < -0.39 is 17.6 Å². The lowest BCUT2D eigenvalue weighted by Gasteiger charge is -2.22. The van der Waals surface area contributed by atoms with E-state index in [1.54, 1.807) is 0 Å². The summed E-state index contributed by atoms with van der Waals surface area (Å²) in [7, 11) is 0. The van der Waals surface area contributed by atoms with Crippen molar-refractivity contribution in [3.05, 3.63) is 54.1 Å². The summed E-state index contributed by atoms with van der Waals surface area (Å²) in [6, 6.07) is 6.23. The Labute approximate surface area is 130 Å². The summed E-state index contributed by atoms with van der Waals surface area (Å²) in [5.74, 6) is -0.618. The maximum absolute atomic E-state index is 12.8. The molecule has 2 rings (SSSR count). The molecule has 23 heavy (non-hydrogen) atoms. The lowest BCUT2D eigenvalue weighted by atomic mass is 10.1. The van der Waals surface area contributed by atoms with E-state index in [-0.39, 0.29) is 24.3 Å². The minimum absolute atomic E-state index is 0.0112. The molecule has 0 radical (unpaired) electrons. The number of hydrogen-bond donors (Lipinski definition) is 0. The molecule has 0 atom stereocenters. The van der Waals surface area contributed by atoms with Crippen LogP contribution in [0.1, 0.15) is 22.5 Å². The van der Waals surface area contributed by atoms with Crippen LogP contribution in [-0.4, -0.2) is 22.4 Å². The maximum Gasteiger partial charge on any atom is 0.416 e. The molecule has 1 aromatic heterocycles. The van der Waals surface area contributed by atoms with Gasteiger partial charge in [-0.1, -0.05) is 6.07 Å². The minimum Gasteiger partial charge on any atom is -0.306 e. The van der Waals surface area contributed by atoms with Crippen LogP contribution in [0.2, 0.25) is 0 Å². The third-order valence-electron chi connectivity index (χ3n) is 2.96. The summed E-state index contributed by atoms with van der Waals surface area (Å²) in [6.07, 6.45) is -0.646. The molecule has 0 aliphatic rings. The summed E-state index contributed by atoms with van der Waals surface area (Å²) >= 11 is 0. The fourth-order valence-corrected chi connectivity index (χ4v) is 1.91. The third-order valence-corrected chi connectivity index (χ3v) is 2.96. The molecule has 0 saturated heterocycles. The maximum atomic E-state index is 12.8. The van der Waals surface area contributed by atoms with Crippen molar-refractivity contribution >= 4 is 11.6 Å². The second kappa shape index (κ2) is 6.87. The number of carbonyl (C=O) groups is 1. The fourth-order valence-electron chi connectivity index (χ4n) is 1.91. The van der Waals surface area contributed by atoms with Crippen molar-refractivity contribution in [2.24, 2.45) is 0 Å². The number of nitriles is 1. The number of aromatic nitrogens is 2. The largest absolute Gasteiger partial charge is 0.416 e. The summed E-state index contributed by atoms with van der Waals surface area (Å²) in [4.78, 5) is 21.1. The van der Waals surface area contributed by atoms with Gasteiger partial charge in [0.15, 0.2) is 0 Å². The van der Waals surface area contributed by atoms with Crippen LogP contribution in [0.25, 0.3) is 0 Å². The molecule has 0 aliphatic carbocycles. The molecule has 5 nitrogen and oxygen atoms in total. The first-order valence-electron chi connectivity index (χ1n) is 6.55. The van der Waals surface area contributed by atoms with Gasteiger partial charge < -0.3 is 4.90 Å². The van der Waals surface area contributed by atoms with E-state index in [2.05, 4.69) is 9.97 Å². The molecule has 0 bridgehead atoms. The summed E-state index contributed by atoms with van der Waals surface area (Å²) in [5.41, 5.74) is -0.836. The normalized spacial score (nSPS) is 10.9. The van der Waals surface area contributed by atoms with Crippen LogP contribution >= 0.6 is 0 Å². The Morgan fingerprint density at radius 1 is 1.30 bits per heavy atom. The highest BCUT2D eigenvalue weighted by Gasteiger charge is 2.31. The zero-order valence-electron chi connectivity index (χ0n) is 11.8. The standard InChI is InChI=1S/C15H11F3N4O/c16-15(17,18)11-3-1-4-12(9-11)22(8-2-5-19)14(23)13-10-20-6-7-21-13/h1,3-4,6-7,9-10H,2,8H2. The second-order valence-corrected chi connectivity index (χ2v) is 4.50. The average Bonchev–Trinajstić information content (AvgIpc) is 2.55. The predicted octanol–water partition coefficient (Wildman–Crippen LogP) is 3.06. The molecule has 2 aromatic rings. The smallest absolute Gasteiger partial charge is 0.306 e. The van der Waals surface area contributed by atoms with E-state index in [4.69, 9.17) is 5.26 Å². The molecule has 0 aliphatic heterocycles. The SMILES string of the molecule is N#CCCN(C(=O)c1cnccn1)c1cccc(C(F)(F)F)c1. The quantitative estimate of drug-likeness (QED) is 0.868. The van der Waals surface area contributed by atoms with E-state index in [0.717, 1.165) is 17.0 Å². The number of alkyl halides is 3. The molecular formula is C15H11F3N4O. The number of benzene rings is 1. The molecule has 0 N–H and O–H groups in total. The van der Waals surface area contributed by atoms with Crippen LogP contribution in [0.15, 0.2) is 42.9 Å². The van der Waals surface area contributed by atoms with Crippen LogP contribution in [-0.2, 0) is 6.18 Å². The van der Waals surface area contributed by atoms with Crippen molar-refractivity contribution in [2.45, 2.75) is 12.6 Å². The average molecular weight is 320 g/mol. The number of amides is 1. The van der Waals surface area contributed by atoms with Crippen LogP contribution in [0.4, 0.5) is 18.9 Å². The highest BCUT2D eigenvalue weighted by atomic mass is 19.4. The van der Waals surface area contributed by atoms with Gasteiger partial charge in [-0.15, -0.1) is 0 Å².